The van der Waals surface area contributed by atoms with E-state index in [0.29, 0.717) is 288 Å². The van der Waals surface area contributed by atoms with Gasteiger partial charge in [-0.1, -0.05) is 121 Å². The minimum atomic E-state index is 0.0219. The van der Waals surface area contributed by atoms with Crippen molar-refractivity contribution in [2.45, 2.75) is 51.4 Å². The van der Waals surface area contributed by atoms with E-state index in [-0.39, 0.29) is 26.4 Å². The molecule has 0 amide bonds. The molecule has 4 atom stereocenters. The van der Waals surface area contributed by atoms with Gasteiger partial charge in [-0.3, -0.25) is 0 Å². The quantitative estimate of drug-likeness (QED) is 0.0317. The van der Waals surface area contributed by atoms with Crippen molar-refractivity contribution >= 4 is 0 Å². The van der Waals surface area contributed by atoms with Gasteiger partial charge in [0.25, 0.3) is 0 Å². The molecule has 0 aliphatic rings. The highest BCUT2D eigenvalue weighted by Crippen LogP contribution is 2.29. The first-order chi connectivity index (χ1) is 51.7. The Morgan fingerprint density at radius 1 is 0.173 bits per heavy atom. The molecule has 24 nitrogen and oxygen atoms in total. The molecule has 4 N–H and O–H groups in total. The van der Waals surface area contributed by atoms with Gasteiger partial charge in [0.05, 0.1) is 277 Å². The van der Waals surface area contributed by atoms with Gasteiger partial charge in [0.1, 0.15) is 0 Å². The van der Waals surface area contributed by atoms with Crippen molar-refractivity contribution in [2.24, 2.45) is 23.7 Å². The molecule has 0 fully saturated rings. The van der Waals surface area contributed by atoms with Crippen molar-refractivity contribution < 1.29 is 115 Å². The number of aliphatic hydroxyl groups excluding tert-OH is 4. The van der Waals surface area contributed by atoms with Crippen LogP contribution < -0.4 is 0 Å². The van der Waals surface area contributed by atoms with Crippen LogP contribution >= 0.6 is 0 Å². The monoisotopic (exact) mass is 1480 g/mol. The maximum atomic E-state index is 8.69. The van der Waals surface area contributed by atoms with Crippen LogP contribution in [-0.4, -0.2) is 311 Å². The topological polar surface area (TPSA) is 266 Å². The third-order valence-corrected chi connectivity index (χ3v) is 16.0. The highest BCUT2D eigenvalue weighted by molar-refractivity contribution is 5.19. The smallest absolute Gasteiger partial charge is 0.0701 e. The van der Waals surface area contributed by atoms with E-state index in [1.165, 1.54) is 22.3 Å². The van der Waals surface area contributed by atoms with Gasteiger partial charge in [-0.15, -0.1) is 0 Å². The summed E-state index contributed by atoms with van der Waals surface area (Å²) in [4.78, 5) is 0. The van der Waals surface area contributed by atoms with Crippen LogP contribution in [-0.2, 0) is 120 Å². The van der Waals surface area contributed by atoms with E-state index in [2.05, 4.69) is 121 Å². The molecule has 4 rings (SSSR count). The Labute approximate surface area is 621 Å². The van der Waals surface area contributed by atoms with Gasteiger partial charge in [0.2, 0.25) is 0 Å². The Morgan fingerprint density at radius 2 is 0.327 bits per heavy atom. The third kappa shape index (κ3) is 59.9. The first kappa shape index (κ1) is 94.1. The van der Waals surface area contributed by atoms with Crippen LogP contribution in [0.5, 0.6) is 0 Å². The van der Waals surface area contributed by atoms with E-state index in [9.17, 15) is 0 Å². The number of ether oxygens (including phenoxy) is 20. The molecular formula is C80H132O24. The highest BCUT2D eigenvalue weighted by Gasteiger charge is 2.25. The van der Waals surface area contributed by atoms with Crippen LogP contribution in [0.1, 0.15) is 47.9 Å². The number of hydrogen-bond acceptors (Lipinski definition) is 24. The van der Waals surface area contributed by atoms with E-state index < -0.39 is 0 Å². The molecule has 4 aromatic carbocycles. The van der Waals surface area contributed by atoms with Crippen LogP contribution in [0, 0.1) is 23.7 Å². The molecule has 0 aliphatic heterocycles. The van der Waals surface area contributed by atoms with Crippen LogP contribution in [0.15, 0.2) is 121 Å². The molecule has 0 radical (unpaired) electrons. The summed E-state index contributed by atoms with van der Waals surface area (Å²) in [6.07, 6.45) is 7.86. The van der Waals surface area contributed by atoms with Crippen molar-refractivity contribution in [3.05, 3.63) is 144 Å². The first-order valence-corrected chi connectivity index (χ1v) is 37.8. The molecular weight excluding hydrogens is 1340 g/mol. The highest BCUT2D eigenvalue weighted by atomic mass is 16.6. The van der Waals surface area contributed by atoms with Crippen molar-refractivity contribution in [3.63, 3.8) is 0 Å². The normalized spacial score (nSPS) is 12.7. The molecule has 0 heterocycles. The number of hydrogen-bond donors (Lipinski definition) is 4. The minimum Gasteiger partial charge on any atom is -0.394 e. The van der Waals surface area contributed by atoms with Crippen molar-refractivity contribution in [2.75, 3.05) is 291 Å². The second-order valence-corrected chi connectivity index (χ2v) is 24.2. The Morgan fingerprint density at radius 3 is 0.510 bits per heavy atom. The standard InChI is InChI=1S/2C40H66O12/c2*41-13-16-44-19-22-47-25-28-49-27-24-46-21-18-43-15-7-12-39(34-37-8-3-1-4-9-37)40(35-38-10-5-2-6-11-38)36-52-33-32-51-31-30-50-29-26-48-23-20-45-17-14-42/h2*1-6,8-11,39-42H,7,12-36H2/t2*39-,40+/m10/s1. The predicted molar refractivity (Wildman–Crippen MR) is 398 cm³/mol. The van der Waals surface area contributed by atoms with E-state index in [1.54, 1.807) is 0 Å². The summed E-state index contributed by atoms with van der Waals surface area (Å²) in [5.41, 5.74) is 5.31. The molecule has 0 aromatic heterocycles. The van der Waals surface area contributed by atoms with Gasteiger partial charge in [0.15, 0.2) is 0 Å². The lowest BCUT2D eigenvalue weighted by Crippen LogP contribution is -2.26. The predicted octanol–water partition coefficient (Wildman–Crippen LogP) is 7.27. The first-order valence-electron chi connectivity index (χ1n) is 37.8. The average Bonchev–Trinajstić information content (AvgIpc) is 0.881. The van der Waals surface area contributed by atoms with Crippen molar-refractivity contribution in [1.29, 1.82) is 0 Å². The van der Waals surface area contributed by atoms with Crippen LogP contribution in [0.25, 0.3) is 0 Å². The summed E-state index contributed by atoms with van der Waals surface area (Å²) in [5, 5.41) is 34.7. The molecule has 0 spiro atoms. The lowest BCUT2D eigenvalue weighted by atomic mass is 9.80. The second-order valence-electron chi connectivity index (χ2n) is 24.2. The zero-order valence-corrected chi connectivity index (χ0v) is 62.6. The molecule has 0 bridgehead atoms. The second kappa shape index (κ2) is 75.7. The molecule has 24 heteroatoms. The Bertz CT molecular complexity index is 2130. The lowest BCUT2D eigenvalue weighted by Gasteiger charge is -2.28. The summed E-state index contributed by atoms with van der Waals surface area (Å²) < 4.78 is 112. The maximum Gasteiger partial charge on any atom is 0.0701 e. The molecule has 0 aliphatic carbocycles. The van der Waals surface area contributed by atoms with Gasteiger partial charge in [0, 0.05) is 13.2 Å². The number of aliphatic hydroxyl groups is 4. The lowest BCUT2D eigenvalue weighted by molar-refractivity contribution is -0.0180. The molecule has 0 saturated carbocycles. The van der Waals surface area contributed by atoms with E-state index >= 15 is 0 Å². The van der Waals surface area contributed by atoms with Crippen LogP contribution in [0.2, 0.25) is 0 Å². The number of benzene rings is 4. The summed E-state index contributed by atoms with van der Waals surface area (Å²) >= 11 is 0. The van der Waals surface area contributed by atoms with Crippen LogP contribution in [0.3, 0.4) is 0 Å². The Kier molecular flexibility index (Phi) is 68.5. The van der Waals surface area contributed by atoms with Crippen molar-refractivity contribution in [3.8, 4) is 0 Å². The molecule has 0 unspecified atom stereocenters. The summed E-state index contributed by atoms with van der Waals surface area (Å²) in [6, 6.07) is 42.8. The molecule has 0 saturated heterocycles. The van der Waals surface area contributed by atoms with E-state index in [1.807, 2.05) is 0 Å². The third-order valence-electron chi connectivity index (χ3n) is 16.0. The summed E-state index contributed by atoms with van der Waals surface area (Å²) in [6.45, 7) is 20.3. The van der Waals surface area contributed by atoms with Gasteiger partial charge in [-0.05, 0) is 97.3 Å². The zero-order valence-electron chi connectivity index (χ0n) is 62.6. The van der Waals surface area contributed by atoms with Gasteiger partial charge in [-0.25, -0.2) is 0 Å². The maximum absolute atomic E-state index is 8.69. The Hall–Kier alpha value is -4.08. The summed E-state index contributed by atoms with van der Waals surface area (Å²) in [7, 11) is 0. The van der Waals surface area contributed by atoms with E-state index in [0.717, 1.165) is 51.4 Å². The number of rotatable bonds is 78. The summed E-state index contributed by atoms with van der Waals surface area (Å²) in [5.74, 6) is 1.53. The Balaban J connectivity index is 0.000000540. The van der Waals surface area contributed by atoms with Gasteiger partial charge < -0.3 is 115 Å². The molecule has 596 valence electrons. The fourth-order valence-corrected chi connectivity index (χ4v) is 10.7. The largest absolute Gasteiger partial charge is 0.394 e. The molecule has 4 aromatic rings. The van der Waals surface area contributed by atoms with Gasteiger partial charge in [-0.2, -0.15) is 0 Å². The van der Waals surface area contributed by atoms with Crippen LogP contribution in [0.4, 0.5) is 0 Å². The fraction of sp³-hybridized carbons (Fsp3) is 0.700. The zero-order chi connectivity index (χ0) is 73.7. The van der Waals surface area contributed by atoms with Gasteiger partial charge >= 0.3 is 0 Å². The van der Waals surface area contributed by atoms with Crippen molar-refractivity contribution in [1.82, 2.24) is 0 Å². The SMILES string of the molecule is OCCOCCOCCOCCOCCOCCC[C@@H](Cc1ccccc1)[C@@H](COCCOCCOCCOCCOCCO)Cc1ccccc1.OCCOCCOCCOCCOCCOCCC[C@H](Cc1ccccc1)[C@H](COCCOCCOCCOCCOCCO)Cc1ccccc1. The fourth-order valence-electron chi connectivity index (χ4n) is 10.7. The minimum absolute atomic E-state index is 0.0219. The molecule has 104 heavy (non-hydrogen) atoms. The average molecular weight is 1480 g/mol. The van der Waals surface area contributed by atoms with E-state index in [4.69, 9.17) is 115 Å².